The van der Waals surface area contributed by atoms with Gasteiger partial charge in [0.2, 0.25) is 0 Å². The third-order valence-electron chi connectivity index (χ3n) is 3.23. The van der Waals surface area contributed by atoms with Gasteiger partial charge in [-0.15, -0.1) is 0 Å². The summed E-state index contributed by atoms with van der Waals surface area (Å²) in [6.45, 7) is 2.78. The maximum atomic E-state index is 13.1. The number of ether oxygens (including phenoxy) is 2. The number of likely N-dealkylation sites (N-methyl/N-ethyl adjacent to an activating group) is 1. The van der Waals surface area contributed by atoms with Crippen molar-refractivity contribution >= 4 is 5.91 Å². The van der Waals surface area contributed by atoms with Crippen LogP contribution in [0.3, 0.4) is 0 Å². The monoisotopic (exact) mass is 317 g/mol. The zero-order valence-corrected chi connectivity index (χ0v) is 13.3. The second-order valence-electron chi connectivity index (χ2n) is 5.07. The van der Waals surface area contributed by atoms with Crippen LogP contribution >= 0.6 is 0 Å². The van der Waals surface area contributed by atoms with Gasteiger partial charge in [-0.05, 0) is 48.9 Å². The van der Waals surface area contributed by atoms with Gasteiger partial charge in [-0.25, -0.2) is 4.39 Å². The molecule has 4 nitrogen and oxygen atoms in total. The largest absolute Gasteiger partial charge is 0.494 e. The summed E-state index contributed by atoms with van der Waals surface area (Å²) in [5, 5.41) is 0. The smallest absolute Gasteiger partial charge is 0.260 e. The molecule has 0 saturated heterocycles. The molecule has 5 heteroatoms. The molecule has 0 spiro atoms. The van der Waals surface area contributed by atoms with Crippen LogP contribution in [0.4, 0.5) is 4.39 Å². The molecular formula is C18H20FNO3. The molecule has 1 amide bonds. The highest BCUT2D eigenvalue weighted by Crippen LogP contribution is 2.17. The summed E-state index contributed by atoms with van der Waals surface area (Å²) < 4.78 is 23.9. The van der Waals surface area contributed by atoms with Crippen molar-refractivity contribution in [3.63, 3.8) is 0 Å². The van der Waals surface area contributed by atoms with Crippen LogP contribution in [0.5, 0.6) is 11.5 Å². The lowest BCUT2D eigenvalue weighted by atomic mass is 10.2. The van der Waals surface area contributed by atoms with Gasteiger partial charge >= 0.3 is 0 Å². The van der Waals surface area contributed by atoms with Crippen LogP contribution in [0.2, 0.25) is 0 Å². The molecule has 0 aliphatic heterocycles. The third-order valence-corrected chi connectivity index (χ3v) is 3.23. The minimum Gasteiger partial charge on any atom is -0.494 e. The van der Waals surface area contributed by atoms with Crippen molar-refractivity contribution in [3.05, 3.63) is 59.9 Å². The molecule has 0 fully saturated rings. The van der Waals surface area contributed by atoms with E-state index < -0.39 is 0 Å². The lowest BCUT2D eigenvalue weighted by Crippen LogP contribution is -2.30. The van der Waals surface area contributed by atoms with E-state index in [9.17, 15) is 9.18 Å². The highest BCUT2D eigenvalue weighted by Gasteiger charge is 2.10. The van der Waals surface area contributed by atoms with E-state index in [1.165, 1.54) is 17.0 Å². The number of hydrogen-bond acceptors (Lipinski definition) is 3. The Hall–Kier alpha value is -2.56. The lowest BCUT2D eigenvalue weighted by Gasteiger charge is -2.17. The Morgan fingerprint density at radius 3 is 2.35 bits per heavy atom. The van der Waals surface area contributed by atoms with Crippen LogP contribution in [0.1, 0.15) is 12.5 Å². The van der Waals surface area contributed by atoms with Gasteiger partial charge in [0.1, 0.15) is 17.3 Å². The molecule has 0 aliphatic carbocycles. The molecule has 2 aromatic carbocycles. The standard InChI is InChI=1S/C18H20FNO3/c1-3-22-16-7-9-17(10-8-16)23-13-18(21)20(2)12-14-5-4-6-15(19)11-14/h4-11H,3,12-13H2,1-2H3. The van der Waals surface area contributed by atoms with Gasteiger partial charge in [0.05, 0.1) is 6.61 Å². The van der Waals surface area contributed by atoms with E-state index >= 15 is 0 Å². The van der Waals surface area contributed by atoms with E-state index in [0.717, 1.165) is 11.3 Å². The highest BCUT2D eigenvalue weighted by molar-refractivity contribution is 5.77. The predicted octanol–water partition coefficient (Wildman–Crippen LogP) is 3.26. The number of hydrogen-bond donors (Lipinski definition) is 0. The highest BCUT2D eigenvalue weighted by atomic mass is 19.1. The topological polar surface area (TPSA) is 38.8 Å². The summed E-state index contributed by atoms with van der Waals surface area (Å²) in [5.41, 5.74) is 0.738. The Labute approximate surface area is 135 Å². The van der Waals surface area contributed by atoms with Crippen molar-refractivity contribution in [1.29, 1.82) is 0 Å². The molecule has 0 N–H and O–H groups in total. The average molecular weight is 317 g/mol. The summed E-state index contributed by atoms with van der Waals surface area (Å²) in [5.74, 6) is 0.868. The minimum absolute atomic E-state index is 0.0696. The first-order valence-electron chi connectivity index (χ1n) is 7.42. The molecule has 0 saturated carbocycles. The Kier molecular flexibility index (Phi) is 5.97. The Morgan fingerprint density at radius 2 is 1.74 bits per heavy atom. The number of nitrogens with zero attached hydrogens (tertiary/aromatic N) is 1. The summed E-state index contributed by atoms with van der Waals surface area (Å²) in [6.07, 6.45) is 0. The van der Waals surface area contributed by atoms with Gasteiger partial charge in [-0.1, -0.05) is 12.1 Å². The Bertz CT molecular complexity index is 643. The Morgan fingerprint density at radius 1 is 1.09 bits per heavy atom. The van der Waals surface area contributed by atoms with Crippen molar-refractivity contribution in [1.82, 2.24) is 4.90 Å². The van der Waals surface area contributed by atoms with Gasteiger partial charge in [-0.3, -0.25) is 4.79 Å². The first-order chi connectivity index (χ1) is 11.1. The number of carbonyl (C=O) groups excluding carboxylic acids is 1. The Balaban J connectivity index is 1.83. The average Bonchev–Trinajstić information content (AvgIpc) is 2.54. The first-order valence-corrected chi connectivity index (χ1v) is 7.42. The maximum absolute atomic E-state index is 13.1. The summed E-state index contributed by atoms with van der Waals surface area (Å²) >= 11 is 0. The van der Waals surface area contributed by atoms with Crippen molar-refractivity contribution in [2.45, 2.75) is 13.5 Å². The van der Waals surface area contributed by atoms with Crippen molar-refractivity contribution in [2.24, 2.45) is 0 Å². The lowest BCUT2D eigenvalue weighted by molar-refractivity contribution is -0.132. The number of halogens is 1. The summed E-state index contributed by atoms with van der Waals surface area (Å²) in [7, 11) is 1.66. The molecule has 0 heterocycles. The second kappa shape index (κ2) is 8.17. The SMILES string of the molecule is CCOc1ccc(OCC(=O)N(C)Cc2cccc(F)c2)cc1. The summed E-state index contributed by atoms with van der Waals surface area (Å²) in [6, 6.07) is 13.3. The van der Waals surface area contributed by atoms with Crippen LogP contribution in [0, 0.1) is 5.82 Å². The molecule has 0 radical (unpaired) electrons. The number of carbonyl (C=O) groups is 1. The minimum atomic E-state index is -0.311. The van der Waals surface area contributed by atoms with Crippen LogP contribution in [0.15, 0.2) is 48.5 Å². The normalized spacial score (nSPS) is 10.2. The van der Waals surface area contributed by atoms with E-state index in [-0.39, 0.29) is 18.3 Å². The zero-order valence-electron chi connectivity index (χ0n) is 13.3. The van der Waals surface area contributed by atoms with Crippen LogP contribution in [-0.2, 0) is 11.3 Å². The van der Waals surface area contributed by atoms with Gasteiger partial charge < -0.3 is 14.4 Å². The van der Waals surface area contributed by atoms with Crippen molar-refractivity contribution < 1.29 is 18.7 Å². The van der Waals surface area contributed by atoms with E-state index in [0.29, 0.717) is 18.9 Å². The predicted molar refractivity (Wildman–Crippen MR) is 86.0 cm³/mol. The van der Waals surface area contributed by atoms with Gasteiger partial charge in [-0.2, -0.15) is 0 Å². The van der Waals surface area contributed by atoms with E-state index in [2.05, 4.69) is 0 Å². The van der Waals surface area contributed by atoms with Crippen LogP contribution in [-0.4, -0.2) is 31.1 Å². The molecular weight excluding hydrogens is 297 g/mol. The molecule has 2 aromatic rings. The molecule has 0 aromatic heterocycles. The number of rotatable bonds is 7. The van der Waals surface area contributed by atoms with Crippen LogP contribution < -0.4 is 9.47 Å². The fourth-order valence-corrected chi connectivity index (χ4v) is 2.05. The molecule has 0 aliphatic rings. The van der Waals surface area contributed by atoms with Gasteiger partial charge in [0, 0.05) is 13.6 Å². The fraction of sp³-hybridized carbons (Fsp3) is 0.278. The molecule has 2 rings (SSSR count). The summed E-state index contributed by atoms with van der Waals surface area (Å²) in [4.78, 5) is 13.6. The van der Waals surface area contributed by atoms with E-state index in [4.69, 9.17) is 9.47 Å². The molecule has 122 valence electrons. The second-order valence-corrected chi connectivity index (χ2v) is 5.07. The van der Waals surface area contributed by atoms with Crippen LogP contribution in [0.25, 0.3) is 0 Å². The third kappa shape index (κ3) is 5.29. The van der Waals surface area contributed by atoms with E-state index in [1.54, 1.807) is 43.4 Å². The zero-order chi connectivity index (χ0) is 16.7. The van der Waals surface area contributed by atoms with Gasteiger partial charge in [0.25, 0.3) is 5.91 Å². The van der Waals surface area contributed by atoms with Crippen molar-refractivity contribution in [3.8, 4) is 11.5 Å². The molecule has 0 unspecified atom stereocenters. The molecule has 0 bridgehead atoms. The number of amides is 1. The van der Waals surface area contributed by atoms with Crippen molar-refractivity contribution in [2.75, 3.05) is 20.3 Å². The quantitative estimate of drug-likeness (QED) is 0.787. The van der Waals surface area contributed by atoms with E-state index in [1.807, 2.05) is 6.92 Å². The fourth-order valence-electron chi connectivity index (χ4n) is 2.05. The molecule has 0 atom stereocenters. The maximum Gasteiger partial charge on any atom is 0.260 e. The van der Waals surface area contributed by atoms with Gasteiger partial charge in [0.15, 0.2) is 6.61 Å². The molecule has 23 heavy (non-hydrogen) atoms. The first kappa shape index (κ1) is 16.8. The number of benzene rings is 2.